The van der Waals surface area contributed by atoms with Crippen molar-refractivity contribution in [1.29, 1.82) is 0 Å². The number of nitrogens with zero attached hydrogens (tertiary/aromatic N) is 2. The van der Waals surface area contributed by atoms with Gasteiger partial charge in [0.15, 0.2) is 0 Å². The number of hydrogen-bond donors (Lipinski definition) is 1. The van der Waals surface area contributed by atoms with Crippen LogP contribution < -0.4 is 0 Å². The highest BCUT2D eigenvalue weighted by Crippen LogP contribution is 2.16. The maximum absolute atomic E-state index is 11.4. The van der Waals surface area contributed by atoms with Crippen LogP contribution in [0.4, 0.5) is 0 Å². The molecule has 1 aliphatic rings. The molecule has 5 nitrogen and oxygen atoms in total. The molecule has 1 fully saturated rings. The monoisotopic (exact) mass is 214 g/mol. The SMILES string of the molecule is CC(=O)N1C[C@@H](C)N(C)C[C@@H]1CC(=O)O. The minimum absolute atomic E-state index is 0.0244. The average molecular weight is 214 g/mol. The van der Waals surface area contributed by atoms with Crippen molar-refractivity contribution in [2.45, 2.75) is 32.4 Å². The molecule has 1 N–H and O–H groups in total. The minimum atomic E-state index is -0.853. The molecule has 0 bridgehead atoms. The van der Waals surface area contributed by atoms with Gasteiger partial charge in [0, 0.05) is 26.1 Å². The zero-order valence-corrected chi connectivity index (χ0v) is 9.43. The Morgan fingerprint density at radius 1 is 1.40 bits per heavy atom. The number of carboxylic acids is 1. The van der Waals surface area contributed by atoms with Crippen LogP contribution >= 0.6 is 0 Å². The molecule has 0 aromatic carbocycles. The van der Waals surface area contributed by atoms with Crippen LogP contribution in [0, 0.1) is 0 Å². The Kier molecular flexibility index (Phi) is 3.68. The Labute approximate surface area is 89.7 Å². The number of rotatable bonds is 2. The Bertz CT molecular complexity index is 267. The summed E-state index contributed by atoms with van der Waals surface area (Å²) in [5, 5.41) is 8.76. The second-order valence-electron chi connectivity index (χ2n) is 4.21. The Morgan fingerprint density at radius 2 is 2.00 bits per heavy atom. The van der Waals surface area contributed by atoms with Crippen LogP contribution in [0.25, 0.3) is 0 Å². The van der Waals surface area contributed by atoms with E-state index in [1.165, 1.54) is 6.92 Å². The highest BCUT2D eigenvalue weighted by Gasteiger charge is 2.32. The predicted molar refractivity (Wildman–Crippen MR) is 55.5 cm³/mol. The van der Waals surface area contributed by atoms with Gasteiger partial charge in [-0.05, 0) is 14.0 Å². The summed E-state index contributed by atoms with van der Waals surface area (Å²) in [5.74, 6) is -0.893. The first-order valence-corrected chi connectivity index (χ1v) is 5.11. The summed E-state index contributed by atoms with van der Waals surface area (Å²) in [4.78, 5) is 25.8. The van der Waals surface area contributed by atoms with E-state index in [0.717, 1.165) is 0 Å². The third-order valence-corrected chi connectivity index (χ3v) is 2.97. The smallest absolute Gasteiger partial charge is 0.305 e. The molecule has 0 radical (unpaired) electrons. The molecule has 0 aromatic rings. The standard InChI is InChI=1S/C10H18N2O3/c1-7-5-12(8(2)13)9(4-10(14)15)6-11(7)3/h7,9H,4-6H2,1-3H3,(H,14,15)/t7-,9+/m1/s1. The summed E-state index contributed by atoms with van der Waals surface area (Å²) >= 11 is 0. The van der Waals surface area contributed by atoms with Gasteiger partial charge in [0.25, 0.3) is 0 Å². The quantitative estimate of drug-likeness (QED) is 0.703. The Morgan fingerprint density at radius 3 is 2.47 bits per heavy atom. The van der Waals surface area contributed by atoms with Gasteiger partial charge in [-0.15, -0.1) is 0 Å². The van der Waals surface area contributed by atoms with Crippen molar-refractivity contribution in [3.63, 3.8) is 0 Å². The van der Waals surface area contributed by atoms with Crippen molar-refractivity contribution < 1.29 is 14.7 Å². The van der Waals surface area contributed by atoms with Crippen LogP contribution in [-0.2, 0) is 9.59 Å². The van der Waals surface area contributed by atoms with Crippen molar-refractivity contribution in [3.05, 3.63) is 0 Å². The lowest BCUT2D eigenvalue weighted by Gasteiger charge is -2.43. The highest BCUT2D eigenvalue weighted by atomic mass is 16.4. The third kappa shape index (κ3) is 2.92. The lowest BCUT2D eigenvalue weighted by atomic mass is 10.1. The van der Waals surface area contributed by atoms with Gasteiger partial charge in [-0.3, -0.25) is 14.5 Å². The molecule has 1 saturated heterocycles. The van der Waals surface area contributed by atoms with Gasteiger partial charge in [0.1, 0.15) is 0 Å². The molecule has 86 valence electrons. The number of carbonyl (C=O) groups excluding carboxylic acids is 1. The van der Waals surface area contributed by atoms with Crippen LogP contribution in [0.5, 0.6) is 0 Å². The molecule has 0 unspecified atom stereocenters. The van der Waals surface area contributed by atoms with Crippen molar-refractivity contribution in [3.8, 4) is 0 Å². The number of amides is 1. The highest BCUT2D eigenvalue weighted by molar-refractivity contribution is 5.75. The second kappa shape index (κ2) is 4.61. The maximum Gasteiger partial charge on any atom is 0.305 e. The van der Waals surface area contributed by atoms with E-state index in [-0.39, 0.29) is 18.4 Å². The molecule has 15 heavy (non-hydrogen) atoms. The topological polar surface area (TPSA) is 60.9 Å². The van der Waals surface area contributed by atoms with Crippen molar-refractivity contribution in [1.82, 2.24) is 9.80 Å². The van der Waals surface area contributed by atoms with Gasteiger partial charge >= 0.3 is 5.97 Å². The molecule has 1 amide bonds. The van der Waals surface area contributed by atoms with E-state index in [9.17, 15) is 9.59 Å². The zero-order chi connectivity index (χ0) is 11.6. The molecular formula is C10H18N2O3. The van der Waals surface area contributed by atoms with E-state index < -0.39 is 5.97 Å². The molecular weight excluding hydrogens is 196 g/mol. The first kappa shape index (κ1) is 12.0. The number of likely N-dealkylation sites (N-methyl/N-ethyl adjacent to an activating group) is 1. The van der Waals surface area contributed by atoms with E-state index in [2.05, 4.69) is 4.90 Å². The molecule has 2 atom stereocenters. The number of carboxylic acid groups (broad SMARTS) is 1. The summed E-state index contributed by atoms with van der Waals surface area (Å²) in [6.07, 6.45) is 0.0244. The molecule has 0 spiro atoms. The van der Waals surface area contributed by atoms with Crippen LogP contribution in [0.1, 0.15) is 20.3 Å². The van der Waals surface area contributed by atoms with Crippen molar-refractivity contribution in [2.24, 2.45) is 0 Å². The number of piperazine rings is 1. The molecule has 0 saturated carbocycles. The Hall–Kier alpha value is -1.10. The van der Waals surface area contributed by atoms with Crippen LogP contribution in [0.15, 0.2) is 0 Å². The molecule has 1 rings (SSSR count). The Balaban J connectivity index is 2.72. The molecule has 1 heterocycles. The molecule has 5 heteroatoms. The first-order chi connectivity index (χ1) is 6.91. The third-order valence-electron chi connectivity index (χ3n) is 2.97. The fraction of sp³-hybridized carbons (Fsp3) is 0.800. The summed E-state index contributed by atoms with van der Waals surface area (Å²) in [7, 11) is 1.96. The van der Waals surface area contributed by atoms with Crippen molar-refractivity contribution in [2.75, 3.05) is 20.1 Å². The number of carbonyl (C=O) groups is 2. The largest absolute Gasteiger partial charge is 0.481 e. The molecule has 1 aliphatic heterocycles. The number of aliphatic carboxylic acids is 1. The van der Waals surface area contributed by atoms with E-state index >= 15 is 0 Å². The van der Waals surface area contributed by atoms with Crippen LogP contribution in [0.3, 0.4) is 0 Å². The second-order valence-corrected chi connectivity index (χ2v) is 4.21. The van der Waals surface area contributed by atoms with Crippen LogP contribution in [-0.4, -0.2) is 59.0 Å². The minimum Gasteiger partial charge on any atom is -0.481 e. The van der Waals surface area contributed by atoms with Gasteiger partial charge in [-0.25, -0.2) is 0 Å². The summed E-state index contributed by atoms with van der Waals surface area (Å²) in [6, 6.07) is 0.0974. The zero-order valence-electron chi connectivity index (χ0n) is 9.43. The lowest BCUT2D eigenvalue weighted by molar-refractivity contribution is -0.142. The van der Waals surface area contributed by atoms with Crippen LogP contribution in [0.2, 0.25) is 0 Å². The molecule has 0 aromatic heterocycles. The van der Waals surface area contributed by atoms with Gasteiger partial charge in [-0.2, -0.15) is 0 Å². The fourth-order valence-corrected chi connectivity index (χ4v) is 1.95. The predicted octanol–water partition coefficient (Wildman–Crippen LogP) is 0.0121. The summed E-state index contributed by atoms with van der Waals surface area (Å²) in [6.45, 7) is 4.77. The summed E-state index contributed by atoms with van der Waals surface area (Å²) in [5.41, 5.74) is 0. The van der Waals surface area contributed by atoms with E-state index in [1.807, 2.05) is 14.0 Å². The molecule has 0 aliphatic carbocycles. The van der Waals surface area contributed by atoms with Crippen molar-refractivity contribution >= 4 is 11.9 Å². The van der Waals surface area contributed by atoms with Gasteiger partial charge in [0.2, 0.25) is 5.91 Å². The average Bonchev–Trinajstić information content (AvgIpc) is 2.09. The lowest BCUT2D eigenvalue weighted by Crippen LogP contribution is -2.57. The van der Waals surface area contributed by atoms with E-state index in [0.29, 0.717) is 19.1 Å². The maximum atomic E-state index is 11.4. The van der Waals surface area contributed by atoms with Gasteiger partial charge in [-0.1, -0.05) is 0 Å². The number of hydrogen-bond acceptors (Lipinski definition) is 3. The fourth-order valence-electron chi connectivity index (χ4n) is 1.95. The van der Waals surface area contributed by atoms with Gasteiger partial charge < -0.3 is 10.0 Å². The van der Waals surface area contributed by atoms with E-state index in [4.69, 9.17) is 5.11 Å². The normalized spacial score (nSPS) is 27.8. The van der Waals surface area contributed by atoms with E-state index in [1.54, 1.807) is 4.90 Å². The summed E-state index contributed by atoms with van der Waals surface area (Å²) < 4.78 is 0. The first-order valence-electron chi connectivity index (χ1n) is 5.11. The van der Waals surface area contributed by atoms with Gasteiger partial charge in [0.05, 0.1) is 12.5 Å².